The van der Waals surface area contributed by atoms with Gasteiger partial charge in [-0.15, -0.1) is 0 Å². The maximum atomic E-state index is 11.7. The Labute approximate surface area is 142 Å². The van der Waals surface area contributed by atoms with Crippen molar-refractivity contribution in [3.05, 3.63) is 65.7 Å². The number of carbonyl (C=O) groups is 1. The molecule has 0 unspecified atom stereocenters. The Bertz CT molecular complexity index is 710. The molecule has 0 saturated carbocycles. The largest absolute Gasteiger partial charge is 0.370 e. The van der Waals surface area contributed by atoms with Gasteiger partial charge in [0.25, 0.3) is 0 Å². The molecule has 1 heterocycles. The lowest BCUT2D eigenvalue weighted by atomic mass is 10.1. The number of guanidine groups is 1. The van der Waals surface area contributed by atoms with Crippen molar-refractivity contribution in [2.45, 2.75) is 25.9 Å². The molecular weight excluding hydrogens is 300 g/mol. The van der Waals surface area contributed by atoms with E-state index in [0.717, 1.165) is 29.8 Å². The second-order valence-corrected chi connectivity index (χ2v) is 5.93. The second-order valence-electron chi connectivity index (χ2n) is 5.93. The van der Waals surface area contributed by atoms with Gasteiger partial charge in [0.15, 0.2) is 5.96 Å². The number of rotatable bonds is 5. The van der Waals surface area contributed by atoms with Crippen LogP contribution in [0.1, 0.15) is 24.0 Å². The summed E-state index contributed by atoms with van der Waals surface area (Å²) in [5, 5.41) is 3.06. The zero-order valence-corrected chi connectivity index (χ0v) is 13.6. The second kappa shape index (κ2) is 7.64. The zero-order chi connectivity index (χ0) is 16.8. The van der Waals surface area contributed by atoms with E-state index in [0.29, 0.717) is 25.5 Å². The molecule has 1 saturated heterocycles. The molecular formula is C19H22N4O. The molecule has 5 nitrogen and oxygen atoms in total. The van der Waals surface area contributed by atoms with Crippen LogP contribution < -0.4 is 11.1 Å². The van der Waals surface area contributed by atoms with Gasteiger partial charge in [0.2, 0.25) is 5.91 Å². The van der Waals surface area contributed by atoms with Crippen molar-refractivity contribution in [2.24, 2.45) is 10.7 Å². The summed E-state index contributed by atoms with van der Waals surface area (Å²) in [6.07, 6.45) is 1.65. The first-order valence-electron chi connectivity index (χ1n) is 8.18. The molecule has 0 aromatic heterocycles. The first kappa shape index (κ1) is 16.1. The molecule has 3 rings (SSSR count). The van der Waals surface area contributed by atoms with Gasteiger partial charge in [0.1, 0.15) is 0 Å². The smallest absolute Gasteiger partial charge is 0.222 e. The summed E-state index contributed by atoms with van der Waals surface area (Å²) in [6.45, 7) is 2.08. The third kappa shape index (κ3) is 4.35. The molecule has 5 heteroatoms. The quantitative estimate of drug-likeness (QED) is 0.657. The minimum absolute atomic E-state index is 0.253. The molecule has 1 amide bonds. The summed E-state index contributed by atoms with van der Waals surface area (Å²) >= 11 is 0. The van der Waals surface area contributed by atoms with Crippen LogP contribution in [0.2, 0.25) is 0 Å². The SMILES string of the molecule is NC(=NCc1ccc(CN2CCCC2=O)cc1)Nc1ccccc1. The Morgan fingerprint density at radius 1 is 1.08 bits per heavy atom. The number of hydrogen-bond acceptors (Lipinski definition) is 2. The van der Waals surface area contributed by atoms with E-state index >= 15 is 0 Å². The van der Waals surface area contributed by atoms with E-state index in [4.69, 9.17) is 5.73 Å². The standard InChI is InChI=1S/C19H22N4O/c20-19(22-17-5-2-1-3-6-17)21-13-15-8-10-16(11-9-15)14-23-12-4-7-18(23)24/h1-3,5-6,8-11H,4,7,12-14H2,(H3,20,21,22). The monoisotopic (exact) mass is 322 g/mol. The lowest BCUT2D eigenvalue weighted by Gasteiger charge is -2.15. The zero-order valence-electron chi connectivity index (χ0n) is 13.6. The Morgan fingerprint density at radius 2 is 1.79 bits per heavy atom. The van der Waals surface area contributed by atoms with Crippen LogP contribution >= 0.6 is 0 Å². The number of aliphatic imine (C=N–C) groups is 1. The van der Waals surface area contributed by atoms with Crippen molar-refractivity contribution in [1.82, 2.24) is 4.90 Å². The number of hydrogen-bond donors (Lipinski definition) is 2. The van der Waals surface area contributed by atoms with Gasteiger partial charge in [0, 0.05) is 25.2 Å². The summed E-state index contributed by atoms with van der Waals surface area (Å²) in [5.41, 5.74) is 9.06. The van der Waals surface area contributed by atoms with E-state index in [-0.39, 0.29) is 5.91 Å². The number of para-hydroxylation sites is 1. The van der Waals surface area contributed by atoms with Crippen LogP contribution in [0.15, 0.2) is 59.6 Å². The van der Waals surface area contributed by atoms with E-state index in [2.05, 4.69) is 22.4 Å². The number of carbonyl (C=O) groups excluding carboxylic acids is 1. The van der Waals surface area contributed by atoms with E-state index in [1.54, 1.807) is 0 Å². The molecule has 0 spiro atoms. The molecule has 0 bridgehead atoms. The Hall–Kier alpha value is -2.82. The van der Waals surface area contributed by atoms with Crippen LogP contribution in [0.3, 0.4) is 0 Å². The lowest BCUT2D eigenvalue weighted by Crippen LogP contribution is -2.23. The maximum Gasteiger partial charge on any atom is 0.222 e. The van der Waals surface area contributed by atoms with Gasteiger partial charge in [-0.1, -0.05) is 42.5 Å². The fraction of sp³-hybridized carbons (Fsp3) is 0.263. The van der Waals surface area contributed by atoms with Crippen LogP contribution in [0, 0.1) is 0 Å². The first-order chi connectivity index (χ1) is 11.7. The highest BCUT2D eigenvalue weighted by Gasteiger charge is 2.19. The van der Waals surface area contributed by atoms with Crippen LogP contribution in [0.25, 0.3) is 0 Å². The predicted molar refractivity (Wildman–Crippen MR) is 96.5 cm³/mol. The van der Waals surface area contributed by atoms with Crippen molar-refractivity contribution < 1.29 is 4.79 Å². The Kier molecular flexibility index (Phi) is 5.11. The van der Waals surface area contributed by atoms with Gasteiger partial charge < -0.3 is 16.0 Å². The highest BCUT2D eigenvalue weighted by Crippen LogP contribution is 2.15. The van der Waals surface area contributed by atoms with E-state index in [1.807, 2.05) is 47.4 Å². The van der Waals surface area contributed by atoms with E-state index in [1.165, 1.54) is 0 Å². The van der Waals surface area contributed by atoms with Gasteiger partial charge in [-0.05, 0) is 29.7 Å². The first-order valence-corrected chi connectivity index (χ1v) is 8.18. The fourth-order valence-electron chi connectivity index (χ4n) is 2.73. The molecule has 0 aliphatic carbocycles. The summed E-state index contributed by atoms with van der Waals surface area (Å²) in [7, 11) is 0. The number of benzene rings is 2. The molecule has 124 valence electrons. The Balaban J connectivity index is 1.54. The summed E-state index contributed by atoms with van der Waals surface area (Å²) in [6, 6.07) is 17.9. The average molecular weight is 322 g/mol. The molecule has 1 fully saturated rings. The van der Waals surface area contributed by atoms with Crippen molar-refractivity contribution in [1.29, 1.82) is 0 Å². The van der Waals surface area contributed by atoms with Crippen molar-refractivity contribution in [2.75, 3.05) is 11.9 Å². The van der Waals surface area contributed by atoms with Crippen LogP contribution in [0.4, 0.5) is 5.69 Å². The molecule has 2 aromatic carbocycles. The van der Waals surface area contributed by atoms with Crippen LogP contribution in [-0.4, -0.2) is 23.3 Å². The highest BCUT2D eigenvalue weighted by molar-refractivity contribution is 5.92. The highest BCUT2D eigenvalue weighted by atomic mass is 16.2. The van der Waals surface area contributed by atoms with E-state index < -0.39 is 0 Å². The molecule has 3 N–H and O–H groups in total. The molecule has 2 aromatic rings. The van der Waals surface area contributed by atoms with Crippen LogP contribution in [0.5, 0.6) is 0 Å². The number of amides is 1. The van der Waals surface area contributed by atoms with Crippen LogP contribution in [-0.2, 0) is 17.9 Å². The van der Waals surface area contributed by atoms with Gasteiger partial charge in [-0.25, -0.2) is 4.99 Å². The average Bonchev–Trinajstić information content (AvgIpc) is 3.00. The van der Waals surface area contributed by atoms with Gasteiger partial charge in [-0.2, -0.15) is 0 Å². The summed E-state index contributed by atoms with van der Waals surface area (Å²) in [4.78, 5) is 17.9. The Morgan fingerprint density at radius 3 is 2.46 bits per heavy atom. The molecule has 1 aliphatic heterocycles. The third-order valence-corrected chi connectivity index (χ3v) is 4.05. The maximum absolute atomic E-state index is 11.7. The van der Waals surface area contributed by atoms with Crippen molar-refractivity contribution in [3.8, 4) is 0 Å². The topological polar surface area (TPSA) is 70.7 Å². The summed E-state index contributed by atoms with van der Waals surface area (Å²) < 4.78 is 0. The third-order valence-electron chi connectivity index (χ3n) is 4.05. The normalized spacial score (nSPS) is 14.9. The molecule has 0 atom stereocenters. The summed E-state index contributed by atoms with van der Waals surface area (Å²) in [5.74, 6) is 0.649. The van der Waals surface area contributed by atoms with Gasteiger partial charge in [0.05, 0.1) is 6.54 Å². The number of anilines is 1. The van der Waals surface area contributed by atoms with Gasteiger partial charge in [-0.3, -0.25) is 4.79 Å². The fourth-order valence-corrected chi connectivity index (χ4v) is 2.73. The van der Waals surface area contributed by atoms with Crippen molar-refractivity contribution in [3.63, 3.8) is 0 Å². The predicted octanol–water partition coefficient (Wildman–Crippen LogP) is 2.74. The van der Waals surface area contributed by atoms with Crippen molar-refractivity contribution >= 4 is 17.6 Å². The molecule has 24 heavy (non-hydrogen) atoms. The number of nitrogens with one attached hydrogen (secondary N) is 1. The number of likely N-dealkylation sites (tertiary alicyclic amines) is 1. The molecule has 0 radical (unpaired) electrons. The lowest BCUT2D eigenvalue weighted by molar-refractivity contribution is -0.128. The number of nitrogens with zero attached hydrogens (tertiary/aromatic N) is 2. The van der Waals surface area contributed by atoms with Gasteiger partial charge >= 0.3 is 0 Å². The molecule has 1 aliphatic rings. The minimum atomic E-state index is 0.253. The van der Waals surface area contributed by atoms with E-state index in [9.17, 15) is 4.79 Å². The number of nitrogens with two attached hydrogens (primary N) is 1. The minimum Gasteiger partial charge on any atom is -0.370 e.